The monoisotopic (exact) mass is 391 g/mol. The number of aliphatic hydroxyl groups excluding tert-OH is 1. The number of benzene rings is 1. The SMILES string of the molecule is C=C/C=C(/C)SC(=C)c1cc(OC[C@H](O)CN(C)CCC)cc(C(=O)O)c1. The molecule has 0 heterocycles. The molecule has 0 saturated carbocycles. The number of rotatable bonds is 12. The minimum atomic E-state index is -1.04. The third kappa shape index (κ3) is 8.47. The number of aromatic carboxylic acids is 1. The number of hydrogen-bond acceptors (Lipinski definition) is 5. The van der Waals surface area contributed by atoms with Crippen molar-refractivity contribution in [3.63, 3.8) is 0 Å². The molecule has 0 aliphatic rings. The minimum absolute atomic E-state index is 0.0889. The van der Waals surface area contributed by atoms with Crippen molar-refractivity contribution < 1.29 is 19.7 Å². The summed E-state index contributed by atoms with van der Waals surface area (Å²) in [5.41, 5.74) is 0.788. The lowest BCUT2D eigenvalue weighted by atomic mass is 10.1. The summed E-state index contributed by atoms with van der Waals surface area (Å²) in [6.07, 6.45) is 3.90. The number of hydrogen-bond donors (Lipinski definition) is 2. The Kier molecular flexibility index (Phi) is 9.93. The van der Waals surface area contributed by atoms with E-state index in [1.165, 1.54) is 17.8 Å². The van der Waals surface area contributed by atoms with Gasteiger partial charge in [-0.05, 0) is 55.6 Å². The van der Waals surface area contributed by atoms with Crippen LogP contribution in [0.4, 0.5) is 0 Å². The highest BCUT2D eigenvalue weighted by Gasteiger charge is 2.13. The van der Waals surface area contributed by atoms with Crippen LogP contribution in [0.5, 0.6) is 5.75 Å². The first kappa shape index (κ1) is 23.0. The van der Waals surface area contributed by atoms with Crippen LogP contribution in [-0.4, -0.2) is 53.9 Å². The molecule has 0 fully saturated rings. The molecule has 0 aromatic heterocycles. The van der Waals surface area contributed by atoms with Gasteiger partial charge in [-0.15, -0.1) is 0 Å². The van der Waals surface area contributed by atoms with Crippen LogP contribution in [0.15, 0.2) is 48.4 Å². The maximum atomic E-state index is 11.4. The van der Waals surface area contributed by atoms with E-state index in [-0.39, 0.29) is 12.2 Å². The molecule has 0 unspecified atom stereocenters. The molecule has 0 saturated heterocycles. The third-order valence-corrected chi connectivity index (χ3v) is 4.62. The van der Waals surface area contributed by atoms with Gasteiger partial charge < -0.3 is 19.8 Å². The number of thioether (sulfide) groups is 1. The van der Waals surface area contributed by atoms with E-state index >= 15 is 0 Å². The molecule has 2 N–H and O–H groups in total. The Morgan fingerprint density at radius 1 is 1.37 bits per heavy atom. The van der Waals surface area contributed by atoms with E-state index in [9.17, 15) is 15.0 Å². The first-order chi connectivity index (χ1) is 12.8. The topological polar surface area (TPSA) is 70.0 Å². The Morgan fingerprint density at radius 3 is 2.63 bits per heavy atom. The Hall–Kier alpha value is -2.02. The second-order valence-corrected chi connectivity index (χ2v) is 7.66. The van der Waals surface area contributed by atoms with Crippen molar-refractivity contribution in [1.29, 1.82) is 0 Å². The zero-order valence-corrected chi connectivity index (χ0v) is 17.1. The smallest absolute Gasteiger partial charge is 0.335 e. The van der Waals surface area contributed by atoms with Crippen LogP contribution in [0.2, 0.25) is 0 Å². The first-order valence-corrected chi connectivity index (χ1v) is 9.62. The largest absolute Gasteiger partial charge is 0.491 e. The van der Waals surface area contributed by atoms with Gasteiger partial charge in [0, 0.05) is 11.4 Å². The Labute approximate surface area is 166 Å². The van der Waals surface area contributed by atoms with Crippen molar-refractivity contribution in [1.82, 2.24) is 4.90 Å². The number of ether oxygens (including phenoxy) is 1. The van der Waals surface area contributed by atoms with Gasteiger partial charge in [0.15, 0.2) is 0 Å². The van der Waals surface area contributed by atoms with E-state index in [4.69, 9.17) is 4.74 Å². The molecule has 6 heteroatoms. The Bertz CT molecular complexity index is 699. The van der Waals surface area contributed by atoms with Gasteiger partial charge in [0.25, 0.3) is 0 Å². The van der Waals surface area contributed by atoms with Crippen LogP contribution < -0.4 is 4.74 Å². The second-order valence-electron chi connectivity index (χ2n) is 6.32. The molecule has 1 aromatic carbocycles. The van der Waals surface area contributed by atoms with Crippen LogP contribution in [0.25, 0.3) is 4.91 Å². The summed E-state index contributed by atoms with van der Waals surface area (Å²) >= 11 is 1.44. The molecule has 0 bridgehead atoms. The number of carboxylic acid groups (broad SMARTS) is 1. The molecule has 0 amide bonds. The normalized spacial score (nSPS) is 12.7. The molecule has 1 rings (SSSR count). The average Bonchev–Trinajstić information content (AvgIpc) is 2.60. The van der Waals surface area contributed by atoms with E-state index in [2.05, 4.69) is 20.1 Å². The van der Waals surface area contributed by atoms with Gasteiger partial charge in [-0.25, -0.2) is 4.79 Å². The zero-order valence-electron chi connectivity index (χ0n) is 16.3. The van der Waals surface area contributed by atoms with E-state index < -0.39 is 12.1 Å². The summed E-state index contributed by atoms with van der Waals surface area (Å²) in [5, 5.41) is 19.5. The fraction of sp³-hybridized carbons (Fsp3) is 0.381. The van der Waals surface area contributed by atoms with Crippen molar-refractivity contribution >= 4 is 22.6 Å². The molecule has 27 heavy (non-hydrogen) atoms. The molecule has 1 atom stereocenters. The molecule has 0 aliphatic heterocycles. The van der Waals surface area contributed by atoms with Gasteiger partial charge in [-0.1, -0.05) is 44.0 Å². The lowest BCUT2D eigenvalue weighted by Crippen LogP contribution is -2.33. The molecular formula is C21H29NO4S. The molecule has 0 aliphatic carbocycles. The first-order valence-electron chi connectivity index (χ1n) is 8.81. The standard InChI is InChI=1S/C21H29NO4S/c1-6-8-15(3)27-16(4)17-10-18(21(24)25)12-20(11-17)26-14-19(23)13-22(5)9-7-2/h6,8,10-12,19,23H,1,4,7,9,13-14H2,2-3,5H3,(H,24,25)/b15-8-/t19-/m1/s1. The highest BCUT2D eigenvalue weighted by atomic mass is 32.2. The fourth-order valence-electron chi connectivity index (χ4n) is 2.50. The summed E-state index contributed by atoms with van der Waals surface area (Å²) in [6.45, 7) is 13.2. The van der Waals surface area contributed by atoms with Gasteiger partial charge in [0.1, 0.15) is 18.5 Å². The predicted molar refractivity (Wildman–Crippen MR) is 113 cm³/mol. The molecule has 0 radical (unpaired) electrons. The van der Waals surface area contributed by atoms with Crippen molar-refractivity contribution in [2.24, 2.45) is 0 Å². The minimum Gasteiger partial charge on any atom is -0.491 e. The van der Waals surface area contributed by atoms with Gasteiger partial charge in [-0.3, -0.25) is 0 Å². The van der Waals surface area contributed by atoms with Crippen LogP contribution in [0.3, 0.4) is 0 Å². The Balaban J connectivity index is 2.89. The highest BCUT2D eigenvalue weighted by Crippen LogP contribution is 2.34. The molecular weight excluding hydrogens is 362 g/mol. The van der Waals surface area contributed by atoms with Crippen molar-refractivity contribution in [3.05, 3.63) is 59.5 Å². The van der Waals surface area contributed by atoms with Crippen molar-refractivity contribution in [3.8, 4) is 5.75 Å². The average molecular weight is 392 g/mol. The van der Waals surface area contributed by atoms with Crippen LogP contribution in [0, 0.1) is 0 Å². The van der Waals surface area contributed by atoms with Crippen LogP contribution in [-0.2, 0) is 0 Å². The molecule has 1 aromatic rings. The summed E-state index contributed by atoms with van der Waals surface area (Å²) in [4.78, 5) is 15.2. The van der Waals surface area contributed by atoms with Gasteiger partial charge in [0.2, 0.25) is 0 Å². The van der Waals surface area contributed by atoms with Crippen LogP contribution in [0.1, 0.15) is 36.2 Å². The van der Waals surface area contributed by atoms with E-state index in [1.54, 1.807) is 18.2 Å². The van der Waals surface area contributed by atoms with Gasteiger partial charge >= 0.3 is 5.97 Å². The van der Waals surface area contributed by atoms with E-state index in [0.717, 1.165) is 17.9 Å². The summed E-state index contributed by atoms with van der Waals surface area (Å²) in [6, 6.07) is 4.77. The summed E-state index contributed by atoms with van der Waals surface area (Å²) in [7, 11) is 1.94. The second kappa shape index (κ2) is 11.6. The van der Waals surface area contributed by atoms with Crippen LogP contribution >= 0.6 is 11.8 Å². The van der Waals surface area contributed by atoms with Gasteiger partial charge in [0.05, 0.1) is 5.56 Å². The molecule has 148 valence electrons. The van der Waals surface area contributed by atoms with Crippen molar-refractivity contribution in [2.45, 2.75) is 26.4 Å². The maximum absolute atomic E-state index is 11.4. The highest BCUT2D eigenvalue weighted by molar-refractivity contribution is 8.11. The zero-order chi connectivity index (χ0) is 20.4. The van der Waals surface area contributed by atoms with Gasteiger partial charge in [-0.2, -0.15) is 0 Å². The number of likely N-dealkylation sites (N-methyl/N-ethyl adjacent to an activating group) is 1. The molecule has 0 spiro atoms. The van der Waals surface area contributed by atoms with E-state index in [0.29, 0.717) is 22.8 Å². The number of carboxylic acids is 1. The molecule has 5 nitrogen and oxygen atoms in total. The number of carbonyl (C=O) groups is 1. The number of aliphatic hydroxyl groups is 1. The number of allylic oxidation sites excluding steroid dienone is 3. The lowest BCUT2D eigenvalue weighted by Gasteiger charge is -2.20. The third-order valence-electron chi connectivity index (χ3n) is 3.68. The quantitative estimate of drug-likeness (QED) is 0.519. The van der Waals surface area contributed by atoms with Crippen molar-refractivity contribution in [2.75, 3.05) is 26.7 Å². The predicted octanol–water partition coefficient (Wildman–Crippen LogP) is 4.26. The summed E-state index contributed by atoms with van der Waals surface area (Å²) in [5.74, 6) is -0.643. The number of nitrogens with zero attached hydrogens (tertiary/aromatic N) is 1. The maximum Gasteiger partial charge on any atom is 0.335 e. The van der Waals surface area contributed by atoms with E-state index in [1.807, 2.05) is 24.9 Å². The lowest BCUT2D eigenvalue weighted by molar-refractivity contribution is 0.0694. The summed E-state index contributed by atoms with van der Waals surface area (Å²) < 4.78 is 5.66. The fourth-order valence-corrected chi connectivity index (χ4v) is 3.29. The Morgan fingerprint density at radius 2 is 2.04 bits per heavy atom.